The van der Waals surface area contributed by atoms with E-state index in [1.807, 2.05) is 0 Å². The molecule has 0 spiro atoms. The molecule has 0 radical (unpaired) electrons. The Morgan fingerprint density at radius 2 is 1.82 bits per heavy atom. The predicted octanol–water partition coefficient (Wildman–Crippen LogP) is 2.34. The van der Waals surface area contributed by atoms with Crippen LogP contribution in [-0.4, -0.2) is 49.6 Å². The van der Waals surface area contributed by atoms with Crippen LogP contribution in [0.1, 0.15) is 39.0 Å². The molecule has 1 aliphatic rings. The Morgan fingerprint density at radius 1 is 1.12 bits per heavy atom. The summed E-state index contributed by atoms with van der Waals surface area (Å²) in [6.45, 7) is 5.56. The topological polar surface area (TPSA) is 30.3 Å². The van der Waals surface area contributed by atoms with Gasteiger partial charge in [0.15, 0.2) is 0 Å². The van der Waals surface area contributed by atoms with Gasteiger partial charge in [-0.25, -0.2) is 0 Å². The Bertz CT molecular complexity index is 244. The quantitative estimate of drug-likeness (QED) is 0.710. The van der Waals surface area contributed by atoms with Crippen molar-refractivity contribution in [1.29, 1.82) is 5.26 Å². The fraction of sp³-hybridized carbons (Fsp3) is 0.929. The van der Waals surface area contributed by atoms with Crippen molar-refractivity contribution in [3.63, 3.8) is 0 Å². The number of likely N-dealkylation sites (N-methyl/N-ethyl adjacent to an activating group) is 1. The Kier molecular flexibility index (Phi) is 6.54. The lowest BCUT2D eigenvalue weighted by Gasteiger charge is -2.37. The van der Waals surface area contributed by atoms with Gasteiger partial charge >= 0.3 is 0 Å². The Labute approximate surface area is 106 Å². The van der Waals surface area contributed by atoms with Crippen molar-refractivity contribution in [3.05, 3.63) is 0 Å². The van der Waals surface area contributed by atoms with E-state index in [1.165, 1.54) is 25.7 Å². The maximum Gasteiger partial charge on any atom is 0.0672 e. The van der Waals surface area contributed by atoms with Gasteiger partial charge in [0.1, 0.15) is 0 Å². The first-order chi connectivity index (χ1) is 8.19. The molecule has 0 heterocycles. The lowest BCUT2D eigenvalue weighted by atomic mass is 9.84. The summed E-state index contributed by atoms with van der Waals surface area (Å²) in [5.74, 6) is 0.262. The summed E-state index contributed by atoms with van der Waals surface area (Å²) >= 11 is 0. The molecular weight excluding hydrogens is 210 g/mol. The molecule has 1 fully saturated rings. The summed E-state index contributed by atoms with van der Waals surface area (Å²) in [6.07, 6.45) is 6.03. The molecule has 98 valence electrons. The van der Waals surface area contributed by atoms with Crippen LogP contribution in [0.2, 0.25) is 0 Å². The number of hydrogen-bond acceptors (Lipinski definition) is 3. The molecule has 1 saturated carbocycles. The third kappa shape index (κ3) is 4.65. The monoisotopic (exact) mass is 237 g/mol. The molecule has 0 N–H and O–H groups in total. The lowest BCUT2D eigenvalue weighted by molar-refractivity contribution is 0.118. The summed E-state index contributed by atoms with van der Waals surface area (Å²) in [5.41, 5.74) is 0. The molecule has 3 heteroatoms. The minimum absolute atomic E-state index is 0.262. The normalized spacial score (nSPS) is 25.2. The van der Waals surface area contributed by atoms with Crippen molar-refractivity contribution < 1.29 is 0 Å². The molecule has 1 aliphatic carbocycles. The van der Waals surface area contributed by atoms with Crippen LogP contribution in [0, 0.1) is 17.2 Å². The lowest BCUT2D eigenvalue weighted by Crippen LogP contribution is -2.45. The number of rotatable bonds is 6. The molecular formula is C14H27N3. The van der Waals surface area contributed by atoms with Crippen molar-refractivity contribution in [2.75, 3.05) is 33.7 Å². The zero-order valence-corrected chi connectivity index (χ0v) is 11.7. The zero-order chi connectivity index (χ0) is 12.7. The smallest absolute Gasteiger partial charge is 0.0672 e. The third-order valence-corrected chi connectivity index (χ3v) is 3.71. The largest absolute Gasteiger partial charge is 0.308 e. The average Bonchev–Trinajstić information content (AvgIpc) is 2.34. The van der Waals surface area contributed by atoms with E-state index in [9.17, 15) is 5.26 Å². The third-order valence-electron chi connectivity index (χ3n) is 3.71. The van der Waals surface area contributed by atoms with Crippen LogP contribution in [0.5, 0.6) is 0 Å². The van der Waals surface area contributed by atoms with Crippen LogP contribution in [-0.2, 0) is 0 Å². The first kappa shape index (κ1) is 14.5. The van der Waals surface area contributed by atoms with Gasteiger partial charge in [-0.15, -0.1) is 0 Å². The van der Waals surface area contributed by atoms with E-state index in [2.05, 4.69) is 36.9 Å². The maximum atomic E-state index is 9.27. The highest BCUT2D eigenvalue weighted by molar-refractivity contribution is 4.95. The molecule has 0 bridgehead atoms. The van der Waals surface area contributed by atoms with E-state index in [4.69, 9.17) is 0 Å². The predicted molar refractivity (Wildman–Crippen MR) is 71.8 cm³/mol. The van der Waals surface area contributed by atoms with Gasteiger partial charge in [-0.1, -0.05) is 19.8 Å². The molecule has 0 aliphatic heterocycles. The molecule has 1 rings (SSSR count). The molecule has 0 aromatic heterocycles. The van der Waals surface area contributed by atoms with Gasteiger partial charge in [-0.2, -0.15) is 5.26 Å². The molecule has 0 saturated heterocycles. The molecule has 2 atom stereocenters. The number of nitrogens with zero attached hydrogens (tertiary/aromatic N) is 3. The van der Waals surface area contributed by atoms with Crippen molar-refractivity contribution in [1.82, 2.24) is 9.80 Å². The van der Waals surface area contributed by atoms with Gasteiger partial charge in [-0.3, -0.25) is 4.90 Å². The van der Waals surface area contributed by atoms with Gasteiger partial charge in [0.2, 0.25) is 0 Å². The van der Waals surface area contributed by atoms with Gasteiger partial charge in [-0.05, 0) is 39.9 Å². The fourth-order valence-corrected chi connectivity index (χ4v) is 2.76. The molecule has 0 aromatic carbocycles. The molecule has 2 unspecified atom stereocenters. The average molecular weight is 237 g/mol. The van der Waals surface area contributed by atoms with Gasteiger partial charge in [0, 0.05) is 19.1 Å². The van der Waals surface area contributed by atoms with Gasteiger partial charge in [0.25, 0.3) is 0 Å². The van der Waals surface area contributed by atoms with E-state index in [0.29, 0.717) is 6.04 Å². The second-order valence-electron chi connectivity index (χ2n) is 5.43. The van der Waals surface area contributed by atoms with Gasteiger partial charge in [0.05, 0.1) is 12.0 Å². The van der Waals surface area contributed by atoms with E-state index in [0.717, 1.165) is 26.1 Å². The fourth-order valence-electron chi connectivity index (χ4n) is 2.76. The van der Waals surface area contributed by atoms with Crippen LogP contribution >= 0.6 is 0 Å². The highest BCUT2D eigenvalue weighted by atomic mass is 15.2. The Morgan fingerprint density at radius 3 is 2.41 bits per heavy atom. The molecule has 0 amide bonds. The Balaban J connectivity index is 2.57. The summed E-state index contributed by atoms with van der Waals surface area (Å²) in [4.78, 5) is 4.78. The van der Waals surface area contributed by atoms with E-state index in [-0.39, 0.29) is 5.92 Å². The van der Waals surface area contributed by atoms with Crippen molar-refractivity contribution in [3.8, 4) is 6.07 Å². The second kappa shape index (κ2) is 7.68. The van der Waals surface area contributed by atoms with Crippen LogP contribution in [0.4, 0.5) is 0 Å². The van der Waals surface area contributed by atoms with E-state index >= 15 is 0 Å². The minimum atomic E-state index is 0.262. The van der Waals surface area contributed by atoms with E-state index < -0.39 is 0 Å². The standard InChI is InChI=1S/C14H27N3/c1-4-9-17(11-10-16(2)3)14-8-6-5-7-13(14)12-15/h13-14H,4-11H2,1-3H3. The summed E-state index contributed by atoms with van der Waals surface area (Å²) in [6, 6.07) is 3.03. The highest BCUT2D eigenvalue weighted by Crippen LogP contribution is 2.28. The SMILES string of the molecule is CCCN(CCN(C)C)C1CCCCC1C#N. The molecule has 3 nitrogen and oxygen atoms in total. The first-order valence-corrected chi connectivity index (χ1v) is 6.97. The van der Waals surface area contributed by atoms with Crippen molar-refractivity contribution in [2.45, 2.75) is 45.1 Å². The first-order valence-electron chi connectivity index (χ1n) is 6.97. The van der Waals surface area contributed by atoms with Crippen molar-refractivity contribution >= 4 is 0 Å². The number of nitriles is 1. The van der Waals surface area contributed by atoms with Crippen molar-refractivity contribution in [2.24, 2.45) is 5.92 Å². The van der Waals surface area contributed by atoms with Gasteiger partial charge < -0.3 is 4.90 Å². The highest BCUT2D eigenvalue weighted by Gasteiger charge is 2.29. The van der Waals surface area contributed by atoms with Crippen LogP contribution < -0.4 is 0 Å². The summed E-state index contributed by atoms with van der Waals surface area (Å²) < 4.78 is 0. The van der Waals surface area contributed by atoms with Crippen LogP contribution in [0.3, 0.4) is 0 Å². The maximum absolute atomic E-state index is 9.27. The Hall–Kier alpha value is -0.590. The summed E-state index contributed by atoms with van der Waals surface area (Å²) in [7, 11) is 4.24. The van der Waals surface area contributed by atoms with Crippen LogP contribution in [0.15, 0.2) is 0 Å². The second-order valence-corrected chi connectivity index (χ2v) is 5.43. The zero-order valence-electron chi connectivity index (χ0n) is 11.7. The minimum Gasteiger partial charge on any atom is -0.308 e. The molecule has 17 heavy (non-hydrogen) atoms. The van der Waals surface area contributed by atoms with E-state index in [1.54, 1.807) is 0 Å². The molecule has 0 aromatic rings. The summed E-state index contributed by atoms with van der Waals surface area (Å²) in [5, 5.41) is 9.27. The number of hydrogen-bond donors (Lipinski definition) is 0. The van der Waals surface area contributed by atoms with Crippen LogP contribution in [0.25, 0.3) is 0 Å².